The number of rotatable bonds is 7. The molecule has 3 aliphatic carbocycles. The maximum Gasteiger partial charge on any atom is 0.166 e. The molecule has 0 heterocycles. The van der Waals surface area contributed by atoms with Crippen molar-refractivity contribution >= 4 is 11.8 Å². The Labute approximate surface area is 193 Å². The van der Waals surface area contributed by atoms with Crippen LogP contribution in [-0.4, -0.2) is 37.7 Å². The quantitative estimate of drug-likeness (QED) is 0.328. The van der Waals surface area contributed by atoms with Crippen LogP contribution in [0.3, 0.4) is 0 Å². The second-order valence-corrected chi connectivity index (χ2v) is 11.6. The molecule has 174 valence electrons. The van der Waals surface area contributed by atoms with Crippen molar-refractivity contribution in [3.8, 4) is 0 Å². The van der Waals surface area contributed by atoms with Crippen LogP contribution in [0.4, 0.5) is 0 Å². The highest BCUT2D eigenvalue weighted by Gasteiger charge is 2.46. The fourth-order valence-corrected chi connectivity index (χ4v) is 7.23. The number of thioether (sulfide) groups is 1. The summed E-state index contributed by atoms with van der Waals surface area (Å²) in [6.07, 6.45) is 14.3. The van der Waals surface area contributed by atoms with Crippen LogP contribution in [0.1, 0.15) is 85.5 Å². The van der Waals surface area contributed by atoms with Crippen molar-refractivity contribution in [1.29, 1.82) is 0 Å². The molecular formula is C27H42O3S. The largest absolute Gasteiger partial charge is 0.389 e. The standard InChI is InChI=1S/C27H42O3S/c1-6-26(28,7-2)18-31-20(4)23-12-13-24-21(9-8-15-25(23,24)5)10-11-22-17-27(29,30)16-14-19(22)3/h10-12,20,24,28-30H,3,6-9,13-18H2,1-2,4-5H3/t20-,24-,25+/m0/s1. The normalized spacial score (nSPS) is 32.3. The molecule has 4 heteroatoms. The summed E-state index contributed by atoms with van der Waals surface area (Å²) in [7, 11) is 0. The Hall–Kier alpha value is -0.810. The van der Waals surface area contributed by atoms with E-state index >= 15 is 0 Å². The molecule has 0 aromatic rings. The number of fused-ring (bicyclic) bond motifs is 1. The molecule has 3 nitrogen and oxygen atoms in total. The minimum Gasteiger partial charge on any atom is -0.389 e. The van der Waals surface area contributed by atoms with E-state index in [4.69, 9.17) is 0 Å². The molecule has 3 aliphatic rings. The van der Waals surface area contributed by atoms with Crippen molar-refractivity contribution in [3.63, 3.8) is 0 Å². The first-order chi connectivity index (χ1) is 14.5. The van der Waals surface area contributed by atoms with Gasteiger partial charge in [0.05, 0.1) is 5.60 Å². The first-order valence-electron chi connectivity index (χ1n) is 12.1. The van der Waals surface area contributed by atoms with Gasteiger partial charge in [-0.2, -0.15) is 11.8 Å². The van der Waals surface area contributed by atoms with Crippen LogP contribution in [-0.2, 0) is 0 Å². The zero-order valence-corrected chi connectivity index (χ0v) is 20.7. The Balaban J connectivity index is 1.73. The van der Waals surface area contributed by atoms with E-state index in [1.165, 1.54) is 18.4 Å². The van der Waals surface area contributed by atoms with Gasteiger partial charge >= 0.3 is 0 Å². The molecular weight excluding hydrogens is 404 g/mol. The fraction of sp³-hybridized carbons (Fsp3) is 0.704. The highest BCUT2D eigenvalue weighted by Crippen LogP contribution is 2.57. The first kappa shape index (κ1) is 24.8. The lowest BCUT2D eigenvalue weighted by molar-refractivity contribution is -0.166. The minimum absolute atomic E-state index is 0.187. The second-order valence-electron chi connectivity index (χ2n) is 10.3. The van der Waals surface area contributed by atoms with Crippen molar-refractivity contribution < 1.29 is 15.3 Å². The lowest BCUT2D eigenvalue weighted by Gasteiger charge is -2.42. The summed E-state index contributed by atoms with van der Waals surface area (Å²) in [4.78, 5) is 0. The molecule has 0 saturated heterocycles. The van der Waals surface area contributed by atoms with Crippen LogP contribution in [0, 0.1) is 11.3 Å². The third-order valence-corrected chi connectivity index (χ3v) is 9.68. The molecule has 2 fully saturated rings. The molecule has 3 rings (SSSR count). The van der Waals surface area contributed by atoms with Gasteiger partial charge in [0.1, 0.15) is 0 Å². The molecule has 0 radical (unpaired) electrons. The summed E-state index contributed by atoms with van der Waals surface area (Å²) in [6.45, 7) is 13.0. The smallest absolute Gasteiger partial charge is 0.166 e. The average molecular weight is 447 g/mol. The summed E-state index contributed by atoms with van der Waals surface area (Å²) in [5.41, 5.74) is 4.69. The summed E-state index contributed by atoms with van der Waals surface area (Å²) in [5, 5.41) is 31.2. The summed E-state index contributed by atoms with van der Waals surface area (Å²) in [5.74, 6) is -0.280. The molecule has 3 N–H and O–H groups in total. The number of aliphatic hydroxyl groups is 3. The molecule has 0 aliphatic heterocycles. The third kappa shape index (κ3) is 5.40. The molecule has 2 saturated carbocycles. The molecule has 0 unspecified atom stereocenters. The van der Waals surface area contributed by atoms with Crippen LogP contribution in [0.2, 0.25) is 0 Å². The van der Waals surface area contributed by atoms with Gasteiger partial charge in [-0.25, -0.2) is 0 Å². The topological polar surface area (TPSA) is 60.7 Å². The van der Waals surface area contributed by atoms with Gasteiger partial charge in [0.2, 0.25) is 0 Å². The van der Waals surface area contributed by atoms with Gasteiger partial charge < -0.3 is 15.3 Å². The van der Waals surface area contributed by atoms with Gasteiger partial charge in [0.25, 0.3) is 0 Å². The van der Waals surface area contributed by atoms with E-state index in [2.05, 4.69) is 52.5 Å². The van der Waals surface area contributed by atoms with Crippen molar-refractivity contribution in [1.82, 2.24) is 0 Å². The zero-order valence-electron chi connectivity index (χ0n) is 19.9. The predicted molar refractivity (Wildman–Crippen MR) is 132 cm³/mol. The Morgan fingerprint density at radius 3 is 2.61 bits per heavy atom. The van der Waals surface area contributed by atoms with Crippen molar-refractivity contribution in [2.24, 2.45) is 11.3 Å². The van der Waals surface area contributed by atoms with E-state index in [1.54, 1.807) is 5.57 Å². The van der Waals surface area contributed by atoms with Gasteiger partial charge in [-0.1, -0.05) is 62.3 Å². The Morgan fingerprint density at radius 2 is 1.94 bits per heavy atom. The van der Waals surface area contributed by atoms with Crippen molar-refractivity contribution in [3.05, 3.63) is 47.1 Å². The molecule has 31 heavy (non-hydrogen) atoms. The van der Waals surface area contributed by atoms with E-state index in [9.17, 15) is 15.3 Å². The van der Waals surface area contributed by atoms with E-state index in [1.807, 2.05) is 11.8 Å². The molecule has 0 aromatic heterocycles. The first-order valence-corrected chi connectivity index (χ1v) is 13.2. The molecule has 0 bridgehead atoms. The third-order valence-electron chi connectivity index (χ3n) is 8.22. The highest BCUT2D eigenvalue weighted by molar-refractivity contribution is 8.00. The van der Waals surface area contributed by atoms with Gasteiger partial charge in [-0.05, 0) is 68.8 Å². The summed E-state index contributed by atoms with van der Waals surface area (Å²) >= 11 is 1.90. The number of hydrogen-bond donors (Lipinski definition) is 3. The van der Waals surface area contributed by atoms with E-state index in [0.29, 0.717) is 24.0 Å². The van der Waals surface area contributed by atoms with Gasteiger partial charge in [0.15, 0.2) is 5.79 Å². The van der Waals surface area contributed by atoms with E-state index < -0.39 is 11.4 Å². The lowest BCUT2D eigenvalue weighted by atomic mass is 9.64. The summed E-state index contributed by atoms with van der Waals surface area (Å²) < 4.78 is 0. The molecule has 3 atom stereocenters. The average Bonchev–Trinajstić information content (AvgIpc) is 3.10. The van der Waals surface area contributed by atoms with Crippen LogP contribution < -0.4 is 0 Å². The lowest BCUT2D eigenvalue weighted by Crippen LogP contribution is -2.35. The van der Waals surface area contributed by atoms with E-state index in [0.717, 1.165) is 42.6 Å². The zero-order chi connectivity index (χ0) is 22.9. The van der Waals surface area contributed by atoms with Gasteiger partial charge in [-0.3, -0.25) is 0 Å². The minimum atomic E-state index is -1.60. The Kier molecular flexibility index (Phi) is 7.68. The Bertz CT molecular complexity index is 771. The second kappa shape index (κ2) is 9.59. The SMILES string of the molecule is C=C1CCC(O)(O)CC1=CC=C1CCC[C@]2(C)C([C@H](C)SCC(O)(CC)CC)=CC[C@@H]12. The fourth-order valence-electron chi connectivity index (χ4n) is 5.72. The van der Waals surface area contributed by atoms with Crippen LogP contribution in [0.25, 0.3) is 0 Å². The Morgan fingerprint density at radius 1 is 1.23 bits per heavy atom. The maximum atomic E-state index is 10.7. The number of allylic oxidation sites excluding steroid dienone is 5. The van der Waals surface area contributed by atoms with Crippen molar-refractivity contribution in [2.45, 2.75) is 102 Å². The maximum absolute atomic E-state index is 10.7. The highest BCUT2D eigenvalue weighted by atomic mass is 32.2. The molecule has 0 spiro atoms. The van der Waals surface area contributed by atoms with Crippen molar-refractivity contribution in [2.75, 3.05) is 5.75 Å². The molecule has 0 aromatic carbocycles. The summed E-state index contributed by atoms with van der Waals surface area (Å²) in [6, 6.07) is 0. The molecule has 0 amide bonds. The number of hydrogen-bond acceptors (Lipinski definition) is 4. The van der Waals surface area contributed by atoms with Crippen LogP contribution in [0.5, 0.6) is 0 Å². The van der Waals surface area contributed by atoms with Gasteiger partial charge in [-0.15, -0.1) is 0 Å². The van der Waals surface area contributed by atoms with Gasteiger partial charge in [0, 0.05) is 23.8 Å². The van der Waals surface area contributed by atoms with E-state index in [-0.39, 0.29) is 11.8 Å². The predicted octanol–water partition coefficient (Wildman–Crippen LogP) is 6.07. The monoisotopic (exact) mass is 446 g/mol. The van der Waals surface area contributed by atoms with Crippen LogP contribution in [0.15, 0.2) is 47.1 Å². The van der Waals surface area contributed by atoms with Crippen LogP contribution >= 0.6 is 11.8 Å².